The van der Waals surface area contributed by atoms with Crippen molar-refractivity contribution in [2.45, 2.75) is 19.1 Å². The third kappa shape index (κ3) is 12.4. The van der Waals surface area contributed by atoms with Crippen LogP contribution in [0.1, 0.15) is 6.92 Å². The summed E-state index contributed by atoms with van der Waals surface area (Å²) in [5.41, 5.74) is 4.91. The first-order valence-electron chi connectivity index (χ1n) is 2.22. The zero-order valence-electron chi connectivity index (χ0n) is 4.53. The monoisotopic (exact) mass is 191 g/mol. The molecule has 0 unspecified atom stereocenters. The molecule has 7 heteroatoms. The van der Waals surface area contributed by atoms with Crippen LogP contribution in [0.15, 0.2) is 0 Å². The number of carboxylic acid groups (broad SMARTS) is 1. The summed E-state index contributed by atoms with van der Waals surface area (Å²) in [7, 11) is 0. The Morgan fingerprint density at radius 2 is 1.64 bits per heavy atom. The molecular formula is C4H12NNa3O3. The van der Waals surface area contributed by atoms with Crippen LogP contribution in [-0.2, 0) is 4.79 Å². The zero-order valence-corrected chi connectivity index (χ0v) is 4.53. The molecule has 0 aliphatic rings. The number of nitrogens with two attached hydrogens (primary N) is 1. The predicted octanol–water partition coefficient (Wildman–Crippen LogP) is -3.17. The fourth-order valence-corrected chi connectivity index (χ4v) is 0.206. The van der Waals surface area contributed by atoms with Crippen LogP contribution in [0.2, 0.25) is 0 Å². The van der Waals surface area contributed by atoms with Gasteiger partial charge in [-0.2, -0.15) is 0 Å². The van der Waals surface area contributed by atoms with Gasteiger partial charge in [0.05, 0.1) is 6.10 Å². The molecule has 54 valence electrons. The first-order chi connectivity index (χ1) is 3.55. The molecule has 0 saturated heterocycles. The van der Waals surface area contributed by atoms with Crippen LogP contribution in [0.5, 0.6) is 0 Å². The average Bonchev–Trinajstić information content (AvgIpc) is 1.64. The van der Waals surface area contributed by atoms with E-state index in [0.717, 1.165) is 0 Å². The Morgan fingerprint density at radius 1 is 1.36 bits per heavy atom. The van der Waals surface area contributed by atoms with Crippen LogP contribution in [0.4, 0.5) is 0 Å². The average molecular weight is 191 g/mol. The topological polar surface area (TPSA) is 83.5 Å². The Morgan fingerprint density at radius 3 is 1.64 bits per heavy atom. The summed E-state index contributed by atoms with van der Waals surface area (Å²) >= 11 is 0. The Labute approximate surface area is 132 Å². The van der Waals surface area contributed by atoms with Crippen molar-refractivity contribution in [3.05, 3.63) is 0 Å². The molecule has 0 amide bonds. The van der Waals surface area contributed by atoms with Gasteiger partial charge in [-0.25, -0.2) is 0 Å². The Kier molecular flexibility index (Phi) is 26.3. The van der Waals surface area contributed by atoms with Crippen molar-refractivity contribution in [2.75, 3.05) is 0 Å². The second kappa shape index (κ2) is 12.4. The quantitative estimate of drug-likeness (QED) is 0.402. The van der Waals surface area contributed by atoms with E-state index in [-0.39, 0.29) is 88.7 Å². The van der Waals surface area contributed by atoms with Crippen molar-refractivity contribution in [3.63, 3.8) is 0 Å². The van der Waals surface area contributed by atoms with Gasteiger partial charge in [0.1, 0.15) is 6.04 Å². The molecule has 0 rings (SSSR count). The number of aliphatic carboxylic acids is 1. The first-order valence-corrected chi connectivity index (χ1v) is 2.22. The van der Waals surface area contributed by atoms with Crippen LogP contribution >= 0.6 is 0 Å². The van der Waals surface area contributed by atoms with Crippen molar-refractivity contribution < 1.29 is 15.0 Å². The number of rotatable bonds is 2. The molecular weight excluding hydrogens is 179 g/mol. The molecule has 0 aromatic heterocycles. The summed E-state index contributed by atoms with van der Waals surface area (Å²) < 4.78 is 0. The van der Waals surface area contributed by atoms with E-state index in [2.05, 4.69) is 0 Å². The van der Waals surface area contributed by atoms with Gasteiger partial charge >= 0.3 is 94.6 Å². The number of carboxylic acids is 1. The standard InChI is InChI=1S/C4H9NO3.3Na.3H/c1-2(6)3(5)4(7)8;;;;;;/h2-3,6H,5H2,1H3,(H,7,8);;;;;;/t2-,3+;;;;;;/m1....../s1. The minimum atomic E-state index is -1.18. The van der Waals surface area contributed by atoms with Gasteiger partial charge < -0.3 is 15.9 Å². The van der Waals surface area contributed by atoms with E-state index >= 15 is 0 Å². The Balaban J connectivity index is -0.0000000817. The Hall–Kier alpha value is 2.39. The summed E-state index contributed by atoms with van der Waals surface area (Å²) in [5.74, 6) is -1.18. The van der Waals surface area contributed by atoms with Crippen LogP contribution in [0.25, 0.3) is 0 Å². The second-order valence-electron chi connectivity index (χ2n) is 1.60. The molecule has 4 nitrogen and oxygen atoms in total. The molecule has 2 atom stereocenters. The van der Waals surface area contributed by atoms with E-state index in [4.69, 9.17) is 15.9 Å². The van der Waals surface area contributed by atoms with Gasteiger partial charge in [0, 0.05) is 0 Å². The number of carbonyl (C=O) groups is 1. The van der Waals surface area contributed by atoms with Gasteiger partial charge in [-0.05, 0) is 6.92 Å². The van der Waals surface area contributed by atoms with E-state index in [1.54, 1.807) is 0 Å². The molecule has 4 N–H and O–H groups in total. The first kappa shape index (κ1) is 23.3. The van der Waals surface area contributed by atoms with Crippen LogP contribution in [0.3, 0.4) is 0 Å². The maximum atomic E-state index is 9.86. The fraction of sp³-hybridized carbons (Fsp3) is 0.750. The molecule has 0 aromatic carbocycles. The molecule has 0 saturated carbocycles. The van der Waals surface area contributed by atoms with Crippen molar-refractivity contribution in [1.82, 2.24) is 0 Å². The summed E-state index contributed by atoms with van der Waals surface area (Å²) in [6.07, 6.45) is -0.979. The van der Waals surface area contributed by atoms with Crippen LogP contribution < -0.4 is 5.73 Å². The predicted molar refractivity (Wildman–Crippen MR) is 48.7 cm³/mol. The van der Waals surface area contributed by atoms with E-state index in [0.29, 0.717) is 0 Å². The third-order valence-corrected chi connectivity index (χ3v) is 0.805. The van der Waals surface area contributed by atoms with Crippen molar-refractivity contribution >= 4 is 94.6 Å². The molecule has 0 radical (unpaired) electrons. The maximum absolute atomic E-state index is 9.86. The molecule has 0 heterocycles. The van der Waals surface area contributed by atoms with E-state index < -0.39 is 18.1 Å². The SMILES string of the molecule is C[C@@H](O)[C@H](N)C(=O)O.[NaH].[NaH].[NaH]. The van der Waals surface area contributed by atoms with Crippen molar-refractivity contribution in [2.24, 2.45) is 5.73 Å². The molecule has 0 fully saturated rings. The number of hydrogen-bond donors (Lipinski definition) is 3. The molecule has 0 aliphatic carbocycles. The van der Waals surface area contributed by atoms with Gasteiger partial charge in [0.15, 0.2) is 0 Å². The summed E-state index contributed by atoms with van der Waals surface area (Å²) in [6.45, 7) is 1.33. The van der Waals surface area contributed by atoms with Gasteiger partial charge in [-0.15, -0.1) is 0 Å². The number of aliphatic hydroxyl groups excluding tert-OH is 1. The summed E-state index contributed by atoms with van der Waals surface area (Å²) in [4.78, 5) is 9.86. The minimum absolute atomic E-state index is 0. The molecule has 0 aromatic rings. The van der Waals surface area contributed by atoms with Crippen molar-refractivity contribution in [1.29, 1.82) is 0 Å². The van der Waals surface area contributed by atoms with E-state index in [9.17, 15) is 4.79 Å². The second-order valence-corrected chi connectivity index (χ2v) is 1.60. The van der Waals surface area contributed by atoms with Gasteiger partial charge in [0.25, 0.3) is 0 Å². The van der Waals surface area contributed by atoms with Crippen LogP contribution in [-0.4, -0.2) is 117 Å². The summed E-state index contributed by atoms with van der Waals surface area (Å²) in [5, 5.41) is 16.6. The molecule has 11 heavy (non-hydrogen) atoms. The zero-order chi connectivity index (χ0) is 6.73. The third-order valence-electron chi connectivity index (χ3n) is 0.805. The van der Waals surface area contributed by atoms with Crippen molar-refractivity contribution in [3.8, 4) is 0 Å². The van der Waals surface area contributed by atoms with Gasteiger partial charge in [-0.1, -0.05) is 0 Å². The summed E-state index contributed by atoms with van der Waals surface area (Å²) in [6, 6.07) is -1.16. The normalized spacial score (nSPS) is 12.6. The molecule has 0 bridgehead atoms. The number of hydrogen-bond acceptors (Lipinski definition) is 3. The molecule has 0 aliphatic heterocycles. The molecule has 0 spiro atoms. The Bertz CT molecular complexity index is 101. The fourth-order valence-electron chi connectivity index (χ4n) is 0.206. The number of aliphatic hydroxyl groups is 1. The van der Waals surface area contributed by atoms with Crippen LogP contribution in [0, 0.1) is 0 Å². The van der Waals surface area contributed by atoms with Gasteiger partial charge in [0.2, 0.25) is 0 Å². The van der Waals surface area contributed by atoms with Gasteiger partial charge in [-0.3, -0.25) is 4.79 Å². The van der Waals surface area contributed by atoms with E-state index in [1.165, 1.54) is 6.92 Å². The van der Waals surface area contributed by atoms with E-state index in [1.807, 2.05) is 0 Å².